The number of fused-ring (bicyclic) bond motifs is 1. The summed E-state index contributed by atoms with van der Waals surface area (Å²) in [6.45, 7) is 3.93. The lowest BCUT2D eigenvalue weighted by atomic mass is 9.84. The van der Waals surface area contributed by atoms with Crippen molar-refractivity contribution in [1.29, 1.82) is 0 Å². The standard InChI is InChI=1S/C11H20N2/c1-2-9-8-12-6-5-11(9)13(7-1)10-3-4-10/h9-12H,1-8H2/t9-,11-/m0/s1. The van der Waals surface area contributed by atoms with Crippen molar-refractivity contribution in [1.82, 2.24) is 10.2 Å². The van der Waals surface area contributed by atoms with Crippen LogP contribution in [0.15, 0.2) is 0 Å². The van der Waals surface area contributed by atoms with Crippen molar-refractivity contribution < 1.29 is 0 Å². The van der Waals surface area contributed by atoms with Crippen LogP contribution in [0, 0.1) is 5.92 Å². The summed E-state index contributed by atoms with van der Waals surface area (Å²) in [4.78, 5) is 2.83. The van der Waals surface area contributed by atoms with Crippen molar-refractivity contribution in [3.63, 3.8) is 0 Å². The summed E-state index contributed by atoms with van der Waals surface area (Å²) >= 11 is 0. The van der Waals surface area contributed by atoms with Crippen molar-refractivity contribution in [3.05, 3.63) is 0 Å². The average molecular weight is 180 g/mol. The Kier molecular flexibility index (Phi) is 2.06. The lowest BCUT2D eigenvalue weighted by molar-refractivity contribution is 0.0623. The molecule has 0 bridgehead atoms. The lowest BCUT2D eigenvalue weighted by Gasteiger charge is -2.44. The Morgan fingerprint density at radius 1 is 1.08 bits per heavy atom. The van der Waals surface area contributed by atoms with Crippen LogP contribution in [0.3, 0.4) is 0 Å². The van der Waals surface area contributed by atoms with Crippen LogP contribution in [0.5, 0.6) is 0 Å². The molecule has 2 atom stereocenters. The van der Waals surface area contributed by atoms with E-state index in [0.29, 0.717) is 0 Å². The molecular weight excluding hydrogens is 160 g/mol. The zero-order valence-electron chi connectivity index (χ0n) is 8.34. The minimum atomic E-state index is 0.947. The Balaban J connectivity index is 1.71. The Bertz CT molecular complexity index is 187. The molecule has 0 aromatic rings. The normalized spacial score (nSPS) is 41.5. The van der Waals surface area contributed by atoms with Gasteiger partial charge in [-0.1, -0.05) is 0 Å². The van der Waals surface area contributed by atoms with Crippen LogP contribution >= 0.6 is 0 Å². The molecule has 0 unspecified atom stereocenters. The second-order valence-electron chi connectivity index (χ2n) is 4.93. The second kappa shape index (κ2) is 3.25. The maximum atomic E-state index is 3.54. The third-order valence-electron chi connectivity index (χ3n) is 4.00. The third kappa shape index (κ3) is 1.50. The van der Waals surface area contributed by atoms with Gasteiger partial charge in [0, 0.05) is 12.1 Å². The number of hydrogen-bond donors (Lipinski definition) is 1. The van der Waals surface area contributed by atoms with Crippen molar-refractivity contribution in [2.24, 2.45) is 5.92 Å². The van der Waals surface area contributed by atoms with Gasteiger partial charge in [0.1, 0.15) is 0 Å². The summed E-state index contributed by atoms with van der Waals surface area (Å²) in [6.07, 6.45) is 7.29. The van der Waals surface area contributed by atoms with E-state index < -0.39 is 0 Å². The topological polar surface area (TPSA) is 15.3 Å². The van der Waals surface area contributed by atoms with E-state index in [2.05, 4.69) is 10.2 Å². The molecular formula is C11H20N2. The molecule has 1 saturated carbocycles. The highest BCUT2D eigenvalue weighted by Crippen LogP contribution is 2.36. The summed E-state index contributed by atoms with van der Waals surface area (Å²) in [5, 5.41) is 3.54. The summed E-state index contributed by atoms with van der Waals surface area (Å²) in [5.74, 6) is 0.975. The van der Waals surface area contributed by atoms with Gasteiger partial charge >= 0.3 is 0 Å². The van der Waals surface area contributed by atoms with Crippen molar-refractivity contribution in [2.75, 3.05) is 19.6 Å². The van der Waals surface area contributed by atoms with Crippen LogP contribution in [-0.2, 0) is 0 Å². The van der Waals surface area contributed by atoms with Gasteiger partial charge < -0.3 is 5.32 Å². The first-order valence-corrected chi connectivity index (χ1v) is 5.91. The first-order chi connectivity index (χ1) is 6.45. The maximum Gasteiger partial charge on any atom is 0.0151 e. The van der Waals surface area contributed by atoms with Gasteiger partial charge in [-0.2, -0.15) is 0 Å². The summed E-state index contributed by atoms with van der Waals surface area (Å²) in [5.41, 5.74) is 0. The molecule has 3 rings (SSSR count). The Morgan fingerprint density at radius 2 is 2.00 bits per heavy atom. The number of piperidine rings is 2. The molecule has 0 amide bonds. The number of hydrogen-bond acceptors (Lipinski definition) is 2. The summed E-state index contributed by atoms with van der Waals surface area (Å²) < 4.78 is 0. The van der Waals surface area contributed by atoms with E-state index in [1.165, 1.54) is 51.7 Å². The van der Waals surface area contributed by atoms with Gasteiger partial charge in [-0.15, -0.1) is 0 Å². The molecule has 74 valence electrons. The van der Waals surface area contributed by atoms with Gasteiger partial charge in [-0.25, -0.2) is 0 Å². The Morgan fingerprint density at radius 3 is 2.85 bits per heavy atom. The lowest BCUT2D eigenvalue weighted by Crippen LogP contribution is -2.53. The zero-order chi connectivity index (χ0) is 8.67. The van der Waals surface area contributed by atoms with Crippen LogP contribution in [0.4, 0.5) is 0 Å². The van der Waals surface area contributed by atoms with Crippen molar-refractivity contribution in [3.8, 4) is 0 Å². The second-order valence-corrected chi connectivity index (χ2v) is 4.93. The van der Waals surface area contributed by atoms with Crippen molar-refractivity contribution >= 4 is 0 Å². The van der Waals surface area contributed by atoms with E-state index in [0.717, 1.165) is 18.0 Å². The highest BCUT2D eigenvalue weighted by Gasteiger charge is 2.40. The first-order valence-electron chi connectivity index (χ1n) is 5.91. The smallest absolute Gasteiger partial charge is 0.0151 e. The minimum absolute atomic E-state index is 0.947. The number of nitrogens with zero attached hydrogens (tertiary/aromatic N) is 1. The Labute approximate surface area is 80.7 Å². The SMILES string of the molecule is C1C[C@H]2CNCC[C@@H]2N(C2CC2)C1. The van der Waals surface area contributed by atoms with Crippen LogP contribution in [-0.4, -0.2) is 36.6 Å². The molecule has 0 spiro atoms. The molecule has 1 N–H and O–H groups in total. The molecule has 2 saturated heterocycles. The average Bonchev–Trinajstić information content (AvgIpc) is 3.00. The van der Waals surface area contributed by atoms with Gasteiger partial charge in [0.15, 0.2) is 0 Å². The molecule has 0 aromatic carbocycles. The molecule has 13 heavy (non-hydrogen) atoms. The van der Waals surface area contributed by atoms with Gasteiger partial charge in [-0.3, -0.25) is 4.90 Å². The number of likely N-dealkylation sites (tertiary alicyclic amines) is 1. The van der Waals surface area contributed by atoms with Gasteiger partial charge in [0.05, 0.1) is 0 Å². The fourth-order valence-electron chi connectivity index (χ4n) is 3.20. The highest BCUT2D eigenvalue weighted by molar-refractivity contribution is 4.96. The zero-order valence-corrected chi connectivity index (χ0v) is 8.34. The number of rotatable bonds is 1. The fraction of sp³-hybridized carbons (Fsp3) is 1.00. The molecule has 2 heteroatoms. The molecule has 2 heterocycles. The first kappa shape index (κ1) is 8.25. The largest absolute Gasteiger partial charge is 0.316 e. The molecule has 2 aliphatic heterocycles. The fourth-order valence-corrected chi connectivity index (χ4v) is 3.20. The quantitative estimate of drug-likeness (QED) is 0.653. The summed E-state index contributed by atoms with van der Waals surface area (Å²) in [6, 6.07) is 1.94. The van der Waals surface area contributed by atoms with Gasteiger partial charge in [0.2, 0.25) is 0 Å². The third-order valence-corrected chi connectivity index (χ3v) is 4.00. The number of nitrogens with one attached hydrogen (secondary N) is 1. The van der Waals surface area contributed by atoms with Crippen molar-refractivity contribution in [2.45, 2.75) is 44.2 Å². The van der Waals surface area contributed by atoms with Crippen LogP contribution in [0.1, 0.15) is 32.1 Å². The van der Waals surface area contributed by atoms with E-state index in [9.17, 15) is 0 Å². The van der Waals surface area contributed by atoms with Gasteiger partial charge in [-0.05, 0) is 57.7 Å². The van der Waals surface area contributed by atoms with Gasteiger partial charge in [0.25, 0.3) is 0 Å². The van der Waals surface area contributed by atoms with E-state index in [-0.39, 0.29) is 0 Å². The highest BCUT2D eigenvalue weighted by atomic mass is 15.2. The molecule has 2 nitrogen and oxygen atoms in total. The van der Waals surface area contributed by atoms with E-state index in [4.69, 9.17) is 0 Å². The summed E-state index contributed by atoms with van der Waals surface area (Å²) in [7, 11) is 0. The van der Waals surface area contributed by atoms with Crippen LogP contribution in [0.25, 0.3) is 0 Å². The van der Waals surface area contributed by atoms with E-state index in [1.54, 1.807) is 0 Å². The monoisotopic (exact) mass is 180 g/mol. The van der Waals surface area contributed by atoms with E-state index >= 15 is 0 Å². The molecule has 3 fully saturated rings. The predicted molar refractivity (Wildman–Crippen MR) is 53.7 cm³/mol. The molecule has 1 aliphatic carbocycles. The molecule has 0 aromatic heterocycles. The van der Waals surface area contributed by atoms with E-state index in [1.807, 2.05) is 0 Å². The van der Waals surface area contributed by atoms with Crippen LogP contribution < -0.4 is 5.32 Å². The Hall–Kier alpha value is -0.0800. The molecule has 0 radical (unpaired) electrons. The minimum Gasteiger partial charge on any atom is -0.316 e. The molecule has 3 aliphatic rings. The predicted octanol–water partition coefficient (Wildman–Crippen LogP) is 1.22. The maximum absolute atomic E-state index is 3.54. The van der Waals surface area contributed by atoms with Crippen LogP contribution in [0.2, 0.25) is 0 Å².